The van der Waals surface area contributed by atoms with Crippen molar-refractivity contribution in [2.24, 2.45) is 5.73 Å². The molecule has 2 rings (SSSR count). The van der Waals surface area contributed by atoms with Crippen LogP contribution in [0.1, 0.15) is 15.9 Å². The van der Waals surface area contributed by atoms with Crippen LogP contribution in [0.2, 0.25) is 0 Å². The Kier molecular flexibility index (Phi) is 6.93. The van der Waals surface area contributed by atoms with E-state index in [1.165, 1.54) is 0 Å². The number of carbonyl (C=O) groups excluding carboxylic acids is 2. The zero-order chi connectivity index (χ0) is 18.9. The van der Waals surface area contributed by atoms with Crippen LogP contribution >= 0.6 is 0 Å². The molecule has 0 unspecified atom stereocenters. The third-order valence-electron chi connectivity index (χ3n) is 3.62. The average Bonchev–Trinajstić information content (AvgIpc) is 2.61. The van der Waals surface area contributed by atoms with Crippen molar-refractivity contribution < 1.29 is 14.3 Å². The van der Waals surface area contributed by atoms with E-state index in [0.717, 1.165) is 11.3 Å². The van der Waals surface area contributed by atoms with Crippen LogP contribution in [-0.2, 0) is 11.3 Å². The number of anilines is 1. The normalized spacial score (nSPS) is 10.4. The highest BCUT2D eigenvalue weighted by atomic mass is 16.5. The number of hydrogen-bond acceptors (Lipinski definition) is 4. The van der Waals surface area contributed by atoms with Gasteiger partial charge in [0.2, 0.25) is 5.91 Å². The Morgan fingerprint density at radius 2 is 1.88 bits per heavy atom. The average molecular weight is 353 g/mol. The molecule has 6 heteroatoms. The van der Waals surface area contributed by atoms with E-state index in [1.807, 2.05) is 36.2 Å². The number of benzene rings is 2. The standard InChI is InChI=1S/C20H23N3O3/c1-3-12-26-16-10-8-15(9-11-16)13-23(2)14-19(24)22-18-7-5-4-6-17(18)20(21)25/h3-11H,1,12-14H2,2H3,(H2,21,25)(H,22,24). The second-order valence-electron chi connectivity index (χ2n) is 5.87. The number of para-hydroxylation sites is 1. The molecule has 2 aromatic rings. The van der Waals surface area contributed by atoms with Crippen molar-refractivity contribution in [1.29, 1.82) is 0 Å². The summed E-state index contributed by atoms with van der Waals surface area (Å²) in [5, 5.41) is 2.73. The van der Waals surface area contributed by atoms with Crippen molar-refractivity contribution in [2.45, 2.75) is 6.54 Å². The molecule has 0 fully saturated rings. The summed E-state index contributed by atoms with van der Waals surface area (Å²) in [5.41, 5.74) is 7.09. The van der Waals surface area contributed by atoms with Gasteiger partial charge in [0.15, 0.2) is 0 Å². The Balaban J connectivity index is 1.89. The van der Waals surface area contributed by atoms with Gasteiger partial charge in [0.05, 0.1) is 17.8 Å². The van der Waals surface area contributed by atoms with Gasteiger partial charge in [-0.25, -0.2) is 0 Å². The maximum Gasteiger partial charge on any atom is 0.250 e. The Hall–Kier alpha value is -3.12. The first-order valence-corrected chi connectivity index (χ1v) is 8.19. The first-order chi connectivity index (χ1) is 12.5. The molecule has 2 aromatic carbocycles. The zero-order valence-electron chi connectivity index (χ0n) is 14.8. The van der Waals surface area contributed by atoms with Gasteiger partial charge in [0, 0.05) is 6.54 Å². The highest BCUT2D eigenvalue weighted by Gasteiger charge is 2.12. The van der Waals surface area contributed by atoms with Gasteiger partial charge in [-0.1, -0.05) is 36.9 Å². The summed E-state index contributed by atoms with van der Waals surface area (Å²) >= 11 is 0. The van der Waals surface area contributed by atoms with Crippen molar-refractivity contribution in [3.8, 4) is 5.75 Å². The highest BCUT2D eigenvalue weighted by Crippen LogP contribution is 2.15. The number of nitrogens with zero attached hydrogens (tertiary/aromatic N) is 1. The van der Waals surface area contributed by atoms with Crippen molar-refractivity contribution in [3.05, 3.63) is 72.3 Å². The first-order valence-electron chi connectivity index (χ1n) is 8.19. The van der Waals surface area contributed by atoms with E-state index in [-0.39, 0.29) is 12.5 Å². The molecular formula is C20H23N3O3. The maximum atomic E-state index is 12.2. The number of carbonyl (C=O) groups is 2. The molecule has 0 heterocycles. The molecule has 0 saturated carbocycles. The molecule has 2 amide bonds. The number of likely N-dealkylation sites (N-methyl/N-ethyl adjacent to an activating group) is 1. The minimum absolute atomic E-state index is 0.182. The fourth-order valence-electron chi connectivity index (χ4n) is 2.46. The molecule has 0 aliphatic heterocycles. The molecule has 136 valence electrons. The Morgan fingerprint density at radius 1 is 1.19 bits per heavy atom. The number of amides is 2. The van der Waals surface area contributed by atoms with E-state index < -0.39 is 5.91 Å². The number of nitrogens with one attached hydrogen (secondary N) is 1. The molecule has 6 nitrogen and oxygen atoms in total. The molecule has 0 aliphatic rings. The minimum atomic E-state index is -0.576. The van der Waals surface area contributed by atoms with Crippen LogP contribution < -0.4 is 15.8 Å². The first kappa shape index (κ1) is 19.2. The van der Waals surface area contributed by atoms with Crippen LogP contribution in [0.5, 0.6) is 5.75 Å². The van der Waals surface area contributed by atoms with E-state index >= 15 is 0 Å². The van der Waals surface area contributed by atoms with E-state index in [1.54, 1.807) is 30.3 Å². The van der Waals surface area contributed by atoms with Gasteiger partial charge >= 0.3 is 0 Å². The topological polar surface area (TPSA) is 84.7 Å². The van der Waals surface area contributed by atoms with E-state index in [9.17, 15) is 9.59 Å². The lowest BCUT2D eigenvalue weighted by atomic mass is 10.1. The lowest BCUT2D eigenvalue weighted by Crippen LogP contribution is -2.30. The van der Waals surface area contributed by atoms with E-state index in [0.29, 0.717) is 24.4 Å². The second-order valence-corrected chi connectivity index (χ2v) is 5.87. The van der Waals surface area contributed by atoms with Crippen molar-refractivity contribution in [3.63, 3.8) is 0 Å². The van der Waals surface area contributed by atoms with Crippen molar-refractivity contribution >= 4 is 17.5 Å². The smallest absolute Gasteiger partial charge is 0.250 e. The molecule has 0 aliphatic carbocycles. The van der Waals surface area contributed by atoms with Crippen molar-refractivity contribution in [1.82, 2.24) is 4.90 Å². The zero-order valence-corrected chi connectivity index (χ0v) is 14.8. The van der Waals surface area contributed by atoms with Crippen LogP contribution in [0.25, 0.3) is 0 Å². The maximum absolute atomic E-state index is 12.2. The lowest BCUT2D eigenvalue weighted by Gasteiger charge is -2.17. The molecule has 0 saturated heterocycles. The van der Waals surface area contributed by atoms with Crippen LogP contribution in [0.3, 0.4) is 0 Å². The van der Waals surface area contributed by atoms with Gasteiger partial charge in [-0.2, -0.15) is 0 Å². The number of hydrogen-bond donors (Lipinski definition) is 2. The lowest BCUT2D eigenvalue weighted by molar-refractivity contribution is -0.117. The number of rotatable bonds is 9. The van der Waals surface area contributed by atoms with Crippen molar-refractivity contribution in [2.75, 3.05) is 25.5 Å². The molecule has 0 atom stereocenters. The molecule has 0 radical (unpaired) electrons. The van der Waals surface area contributed by atoms with Crippen LogP contribution in [0.15, 0.2) is 61.2 Å². The summed E-state index contributed by atoms with van der Waals surface area (Å²) in [4.78, 5) is 25.5. The Morgan fingerprint density at radius 3 is 2.54 bits per heavy atom. The summed E-state index contributed by atoms with van der Waals surface area (Å²) in [7, 11) is 1.85. The Labute approximate surface area is 153 Å². The van der Waals surface area contributed by atoms with E-state index in [2.05, 4.69) is 11.9 Å². The predicted octanol–water partition coefficient (Wildman–Crippen LogP) is 2.42. The molecule has 0 aromatic heterocycles. The molecule has 3 N–H and O–H groups in total. The van der Waals surface area contributed by atoms with Gasteiger partial charge < -0.3 is 15.8 Å². The molecular weight excluding hydrogens is 330 g/mol. The number of nitrogens with two attached hydrogens (primary N) is 1. The molecule has 0 bridgehead atoms. The highest BCUT2D eigenvalue weighted by molar-refractivity contribution is 6.03. The summed E-state index contributed by atoms with van der Waals surface area (Å²) in [6.07, 6.45) is 1.69. The summed E-state index contributed by atoms with van der Waals surface area (Å²) in [6.45, 7) is 4.86. The van der Waals surface area contributed by atoms with Gasteiger partial charge in [0.1, 0.15) is 12.4 Å². The Bertz CT molecular complexity index is 772. The van der Waals surface area contributed by atoms with Gasteiger partial charge in [-0.15, -0.1) is 0 Å². The second kappa shape index (κ2) is 9.39. The fraction of sp³-hybridized carbons (Fsp3) is 0.200. The van der Waals surface area contributed by atoms with Gasteiger partial charge in [0.25, 0.3) is 5.91 Å². The van der Waals surface area contributed by atoms with Crippen LogP contribution in [0.4, 0.5) is 5.69 Å². The molecule has 0 spiro atoms. The summed E-state index contributed by atoms with van der Waals surface area (Å²) in [5.74, 6) is -0.0164. The van der Waals surface area contributed by atoms with Crippen LogP contribution in [0, 0.1) is 0 Å². The fourth-order valence-corrected chi connectivity index (χ4v) is 2.46. The van der Waals surface area contributed by atoms with Gasteiger partial charge in [-0.05, 0) is 36.9 Å². The monoisotopic (exact) mass is 353 g/mol. The summed E-state index contributed by atoms with van der Waals surface area (Å²) < 4.78 is 5.44. The predicted molar refractivity (Wildman–Crippen MR) is 102 cm³/mol. The number of ether oxygens (including phenoxy) is 1. The number of primary amides is 1. The van der Waals surface area contributed by atoms with E-state index in [4.69, 9.17) is 10.5 Å². The minimum Gasteiger partial charge on any atom is -0.490 e. The quantitative estimate of drug-likeness (QED) is 0.678. The van der Waals surface area contributed by atoms with Gasteiger partial charge in [-0.3, -0.25) is 14.5 Å². The van der Waals surface area contributed by atoms with Crippen LogP contribution in [-0.4, -0.2) is 36.9 Å². The third-order valence-corrected chi connectivity index (χ3v) is 3.62. The summed E-state index contributed by atoms with van der Waals surface area (Å²) in [6, 6.07) is 14.3. The largest absolute Gasteiger partial charge is 0.490 e. The third kappa shape index (κ3) is 5.75. The SMILES string of the molecule is C=CCOc1ccc(CN(C)CC(=O)Nc2ccccc2C(N)=O)cc1. The molecule has 26 heavy (non-hydrogen) atoms.